The Balaban J connectivity index is 1.51. The largest absolute Gasteiger partial charge is 0.467 e. The van der Waals surface area contributed by atoms with Gasteiger partial charge in [0.2, 0.25) is 5.91 Å². The Morgan fingerprint density at radius 1 is 1.12 bits per heavy atom. The number of nitrogens with one attached hydrogen (secondary N) is 2. The van der Waals surface area contributed by atoms with Crippen LogP contribution in [0.2, 0.25) is 0 Å². The fraction of sp³-hybridized carbons (Fsp3) is 0.111. The molecule has 1 aromatic carbocycles. The number of benzene rings is 1. The van der Waals surface area contributed by atoms with Crippen LogP contribution in [0, 0.1) is 5.82 Å². The number of hydrogen-bond acceptors (Lipinski definition) is 4. The minimum atomic E-state index is -0.319. The first-order chi connectivity index (χ1) is 11.7. The molecule has 0 aliphatic carbocycles. The summed E-state index contributed by atoms with van der Waals surface area (Å²) >= 11 is 0. The van der Waals surface area contributed by atoms with Crippen molar-refractivity contribution in [3.05, 3.63) is 78.1 Å². The highest BCUT2D eigenvalue weighted by atomic mass is 19.1. The van der Waals surface area contributed by atoms with Gasteiger partial charge in [-0.15, -0.1) is 0 Å². The Bertz CT molecular complexity index is 784. The van der Waals surface area contributed by atoms with Gasteiger partial charge >= 0.3 is 0 Å². The fourth-order valence-corrected chi connectivity index (χ4v) is 2.16. The van der Waals surface area contributed by atoms with Crippen LogP contribution in [0.1, 0.15) is 11.3 Å². The lowest BCUT2D eigenvalue weighted by molar-refractivity contribution is -0.115. The summed E-state index contributed by atoms with van der Waals surface area (Å²) in [5, 5.41) is 5.88. The van der Waals surface area contributed by atoms with Crippen molar-refractivity contribution in [3.63, 3.8) is 0 Å². The molecule has 0 bridgehead atoms. The van der Waals surface area contributed by atoms with Crippen LogP contribution in [0.3, 0.4) is 0 Å². The lowest BCUT2D eigenvalue weighted by Gasteiger charge is -2.07. The molecule has 2 aromatic heterocycles. The molecular formula is C18H16FN3O2. The van der Waals surface area contributed by atoms with E-state index in [-0.39, 0.29) is 18.1 Å². The van der Waals surface area contributed by atoms with Gasteiger partial charge in [-0.05, 0) is 42.0 Å². The van der Waals surface area contributed by atoms with E-state index in [1.807, 2.05) is 12.1 Å². The number of aromatic nitrogens is 1. The van der Waals surface area contributed by atoms with Gasteiger partial charge in [0.1, 0.15) is 17.4 Å². The highest BCUT2D eigenvalue weighted by Crippen LogP contribution is 2.12. The van der Waals surface area contributed by atoms with Crippen molar-refractivity contribution in [1.82, 2.24) is 4.98 Å². The predicted molar refractivity (Wildman–Crippen MR) is 89.0 cm³/mol. The first-order valence-electron chi connectivity index (χ1n) is 7.46. The summed E-state index contributed by atoms with van der Waals surface area (Å²) in [7, 11) is 0. The summed E-state index contributed by atoms with van der Waals surface area (Å²) in [6.45, 7) is 0.538. The van der Waals surface area contributed by atoms with E-state index < -0.39 is 0 Å². The van der Waals surface area contributed by atoms with Gasteiger partial charge in [-0.25, -0.2) is 9.37 Å². The van der Waals surface area contributed by atoms with Crippen LogP contribution in [0.5, 0.6) is 0 Å². The van der Waals surface area contributed by atoms with Crippen molar-refractivity contribution in [1.29, 1.82) is 0 Å². The van der Waals surface area contributed by atoms with Crippen LogP contribution in [-0.4, -0.2) is 10.9 Å². The molecule has 0 radical (unpaired) electrons. The molecule has 2 N–H and O–H groups in total. The third-order valence-corrected chi connectivity index (χ3v) is 3.35. The third-order valence-electron chi connectivity index (χ3n) is 3.35. The molecule has 24 heavy (non-hydrogen) atoms. The summed E-state index contributed by atoms with van der Waals surface area (Å²) in [6.07, 6.45) is 3.37. The summed E-state index contributed by atoms with van der Waals surface area (Å²) in [4.78, 5) is 16.2. The molecule has 0 aliphatic rings. The average molecular weight is 325 g/mol. The molecule has 2 heterocycles. The standard InChI is InChI=1S/C18H16FN3O2/c19-14-5-3-13(4-6-14)10-18(23)22-15-7-8-17(20-11-15)21-12-16-2-1-9-24-16/h1-9,11H,10,12H2,(H,20,21)(H,22,23). The quantitative estimate of drug-likeness (QED) is 0.726. The Labute approximate surface area is 138 Å². The highest BCUT2D eigenvalue weighted by molar-refractivity contribution is 5.92. The van der Waals surface area contributed by atoms with Crippen molar-refractivity contribution in [2.45, 2.75) is 13.0 Å². The van der Waals surface area contributed by atoms with E-state index in [0.29, 0.717) is 18.1 Å². The second-order valence-corrected chi connectivity index (χ2v) is 5.22. The number of furan rings is 1. The zero-order valence-electron chi connectivity index (χ0n) is 12.8. The smallest absolute Gasteiger partial charge is 0.228 e. The number of anilines is 2. The van der Waals surface area contributed by atoms with E-state index in [1.54, 1.807) is 36.7 Å². The molecule has 5 nitrogen and oxygen atoms in total. The van der Waals surface area contributed by atoms with Gasteiger partial charge in [0.05, 0.1) is 31.1 Å². The number of rotatable bonds is 6. The Morgan fingerprint density at radius 2 is 1.96 bits per heavy atom. The van der Waals surface area contributed by atoms with E-state index >= 15 is 0 Å². The molecular weight excluding hydrogens is 309 g/mol. The van der Waals surface area contributed by atoms with Crippen LogP contribution in [0.25, 0.3) is 0 Å². The van der Waals surface area contributed by atoms with E-state index in [9.17, 15) is 9.18 Å². The van der Waals surface area contributed by atoms with E-state index in [4.69, 9.17) is 4.42 Å². The minimum Gasteiger partial charge on any atom is -0.467 e. The summed E-state index contributed by atoms with van der Waals surface area (Å²) in [6, 6.07) is 13.1. The van der Waals surface area contributed by atoms with Crippen LogP contribution in [0.4, 0.5) is 15.9 Å². The number of hydrogen-bond donors (Lipinski definition) is 2. The lowest BCUT2D eigenvalue weighted by atomic mass is 10.1. The number of amides is 1. The minimum absolute atomic E-state index is 0.179. The fourth-order valence-electron chi connectivity index (χ4n) is 2.16. The highest BCUT2D eigenvalue weighted by Gasteiger charge is 2.05. The Morgan fingerprint density at radius 3 is 2.62 bits per heavy atom. The zero-order valence-corrected chi connectivity index (χ0v) is 12.8. The average Bonchev–Trinajstić information content (AvgIpc) is 3.10. The molecule has 3 rings (SSSR count). The molecule has 0 spiro atoms. The number of carbonyl (C=O) groups is 1. The van der Waals surface area contributed by atoms with Crippen molar-refractivity contribution >= 4 is 17.4 Å². The molecule has 0 fully saturated rings. The third kappa shape index (κ3) is 4.42. The number of halogens is 1. The molecule has 0 saturated carbocycles. The lowest BCUT2D eigenvalue weighted by Crippen LogP contribution is -2.14. The van der Waals surface area contributed by atoms with Crippen molar-refractivity contribution < 1.29 is 13.6 Å². The van der Waals surface area contributed by atoms with Crippen LogP contribution < -0.4 is 10.6 Å². The Kier molecular flexibility index (Phi) is 4.86. The monoisotopic (exact) mass is 325 g/mol. The van der Waals surface area contributed by atoms with Crippen LogP contribution in [0.15, 0.2) is 65.4 Å². The van der Waals surface area contributed by atoms with E-state index in [0.717, 1.165) is 11.3 Å². The topological polar surface area (TPSA) is 67.2 Å². The maximum Gasteiger partial charge on any atom is 0.228 e. The molecule has 122 valence electrons. The van der Waals surface area contributed by atoms with Crippen LogP contribution in [-0.2, 0) is 17.8 Å². The molecule has 0 saturated heterocycles. The molecule has 3 aromatic rings. The van der Waals surface area contributed by atoms with Gasteiger partial charge in [0, 0.05) is 0 Å². The predicted octanol–water partition coefficient (Wildman–Crippen LogP) is 3.61. The van der Waals surface area contributed by atoms with Crippen molar-refractivity contribution in [3.8, 4) is 0 Å². The van der Waals surface area contributed by atoms with Crippen molar-refractivity contribution in [2.75, 3.05) is 10.6 Å². The summed E-state index contributed by atoms with van der Waals surface area (Å²) in [5.74, 6) is 0.997. The normalized spacial score (nSPS) is 10.4. The van der Waals surface area contributed by atoms with Gasteiger partial charge in [-0.3, -0.25) is 4.79 Å². The number of pyridine rings is 1. The maximum atomic E-state index is 12.8. The zero-order chi connectivity index (χ0) is 16.8. The van der Waals surface area contributed by atoms with Gasteiger partial charge in [-0.1, -0.05) is 12.1 Å². The molecule has 0 unspecified atom stereocenters. The summed E-state index contributed by atoms with van der Waals surface area (Å²) < 4.78 is 18.1. The van der Waals surface area contributed by atoms with Gasteiger partial charge in [-0.2, -0.15) is 0 Å². The molecule has 0 atom stereocenters. The van der Waals surface area contributed by atoms with Gasteiger partial charge in [0.25, 0.3) is 0 Å². The Hall–Kier alpha value is -3.15. The molecule has 6 heteroatoms. The van der Waals surface area contributed by atoms with Crippen molar-refractivity contribution in [2.24, 2.45) is 0 Å². The second-order valence-electron chi connectivity index (χ2n) is 5.22. The maximum absolute atomic E-state index is 12.8. The van der Waals surface area contributed by atoms with Gasteiger partial charge in [0.15, 0.2) is 0 Å². The second kappa shape index (κ2) is 7.41. The van der Waals surface area contributed by atoms with E-state index in [1.165, 1.54) is 12.1 Å². The number of nitrogens with zero attached hydrogens (tertiary/aromatic N) is 1. The van der Waals surface area contributed by atoms with Gasteiger partial charge < -0.3 is 15.1 Å². The van der Waals surface area contributed by atoms with E-state index in [2.05, 4.69) is 15.6 Å². The SMILES string of the molecule is O=C(Cc1ccc(F)cc1)Nc1ccc(NCc2ccco2)nc1. The summed E-state index contributed by atoms with van der Waals surface area (Å²) in [5.41, 5.74) is 1.35. The van der Waals surface area contributed by atoms with Crippen LogP contribution >= 0.6 is 0 Å². The molecule has 0 aliphatic heterocycles. The number of carbonyl (C=O) groups excluding carboxylic acids is 1. The first-order valence-corrected chi connectivity index (χ1v) is 7.46. The first kappa shape index (κ1) is 15.7. The molecule has 1 amide bonds.